The number of para-hydroxylation sites is 1. The number of benzene rings is 2. The molecule has 250 valence electrons. The molecule has 5 N–H and O–H groups in total. The predicted octanol–water partition coefficient (Wildman–Crippen LogP) is 3.18. The van der Waals surface area contributed by atoms with Gasteiger partial charge in [-0.25, -0.2) is 5.01 Å². The lowest BCUT2D eigenvalue weighted by atomic mass is 10.1. The SMILES string of the molecule is CCn1c(O)c(CS(=O)(=O)O)c(C)c(N=Nc2cc(N(Nc3ccccc3)c3nc(Cl)nc(S(=O)(=O)O)n3)ccc2S(=O)(=O)O)c1=O. The van der Waals surface area contributed by atoms with Gasteiger partial charge in [0, 0.05) is 12.1 Å². The number of hydrogen-bond donors (Lipinski definition) is 5. The van der Waals surface area contributed by atoms with Crippen LogP contribution in [0.3, 0.4) is 0 Å². The molecule has 4 rings (SSSR count). The summed E-state index contributed by atoms with van der Waals surface area (Å²) in [6.45, 7) is 2.49. The van der Waals surface area contributed by atoms with E-state index in [0.717, 1.165) is 27.8 Å². The Balaban J connectivity index is 1.97. The zero-order valence-corrected chi connectivity index (χ0v) is 27.1. The lowest BCUT2D eigenvalue weighted by Gasteiger charge is -2.25. The maximum atomic E-state index is 13.1. The minimum absolute atomic E-state index is 0.0979. The molecule has 0 saturated carbocycles. The second-order valence-electron chi connectivity index (χ2n) is 9.35. The fourth-order valence-corrected chi connectivity index (χ4v) is 6.00. The third kappa shape index (κ3) is 8.23. The van der Waals surface area contributed by atoms with Crippen LogP contribution in [-0.2, 0) is 42.7 Å². The molecule has 0 fully saturated rings. The van der Waals surface area contributed by atoms with E-state index in [2.05, 4.69) is 30.6 Å². The Kier molecular flexibility index (Phi) is 9.96. The maximum absolute atomic E-state index is 13.1. The van der Waals surface area contributed by atoms with Gasteiger partial charge in [-0.1, -0.05) is 18.2 Å². The number of nitrogens with zero attached hydrogens (tertiary/aromatic N) is 7. The molecule has 23 heteroatoms. The molecule has 47 heavy (non-hydrogen) atoms. The second-order valence-corrected chi connectivity index (χ2v) is 13.8. The summed E-state index contributed by atoms with van der Waals surface area (Å²) in [5.74, 6) is -2.38. The van der Waals surface area contributed by atoms with E-state index in [1.54, 1.807) is 30.3 Å². The lowest BCUT2D eigenvalue weighted by molar-refractivity contribution is 0.403. The van der Waals surface area contributed by atoms with Crippen LogP contribution >= 0.6 is 11.6 Å². The average molecular weight is 731 g/mol. The average Bonchev–Trinajstić information content (AvgIpc) is 2.97. The van der Waals surface area contributed by atoms with Crippen LogP contribution in [0.25, 0.3) is 0 Å². The fraction of sp³-hybridized carbons (Fsp3) is 0.167. The molecule has 0 aliphatic carbocycles. The normalized spacial score (nSPS) is 12.4. The van der Waals surface area contributed by atoms with Gasteiger partial charge >= 0.3 is 10.1 Å². The number of aromatic nitrogens is 4. The summed E-state index contributed by atoms with van der Waals surface area (Å²) in [6, 6.07) is 11.1. The standard InChI is InChI=1S/C24H23ClN8O11S3/c1-3-32-20(34)16(12-45(36,37)38)13(2)19(21(32)35)30-29-17-11-15(9-10-18(17)46(39,40)41)33(31-14-7-5-4-6-8-14)23-26-22(25)27-24(28-23)47(42,43)44/h4-11,31,34H,3,12H2,1-2H3,(H,36,37,38)(H,39,40,41)(H,42,43,44). The molecule has 0 radical (unpaired) electrons. The molecular formula is C24H23ClN8O11S3. The Hall–Kier alpha value is -4.58. The van der Waals surface area contributed by atoms with Crippen molar-refractivity contribution in [3.05, 3.63) is 75.3 Å². The van der Waals surface area contributed by atoms with Crippen LogP contribution in [0.15, 0.2) is 73.6 Å². The van der Waals surface area contributed by atoms with E-state index in [1.165, 1.54) is 13.8 Å². The zero-order chi connectivity index (χ0) is 34.9. The first-order valence-electron chi connectivity index (χ1n) is 12.7. The van der Waals surface area contributed by atoms with Crippen molar-refractivity contribution in [2.45, 2.75) is 36.2 Å². The van der Waals surface area contributed by atoms with Crippen molar-refractivity contribution < 1.29 is 44.0 Å². The summed E-state index contributed by atoms with van der Waals surface area (Å²) in [5.41, 5.74) is 0.393. The fourth-order valence-electron chi connectivity index (χ4n) is 4.08. The number of azo groups is 1. The molecule has 0 spiro atoms. The Morgan fingerprint density at radius 2 is 1.60 bits per heavy atom. The van der Waals surface area contributed by atoms with Gasteiger partial charge in [0.2, 0.25) is 5.28 Å². The Bertz CT molecular complexity index is 2290. The second kappa shape index (κ2) is 13.3. The highest BCUT2D eigenvalue weighted by Gasteiger charge is 2.25. The van der Waals surface area contributed by atoms with Crippen molar-refractivity contribution in [1.82, 2.24) is 19.5 Å². The van der Waals surface area contributed by atoms with Crippen molar-refractivity contribution in [2.75, 3.05) is 10.4 Å². The van der Waals surface area contributed by atoms with E-state index in [9.17, 15) is 48.8 Å². The Morgan fingerprint density at radius 1 is 0.936 bits per heavy atom. The molecule has 0 bridgehead atoms. The summed E-state index contributed by atoms with van der Waals surface area (Å²) in [7, 11) is -14.7. The van der Waals surface area contributed by atoms with E-state index < -0.39 is 80.2 Å². The molecule has 2 aromatic carbocycles. The number of aromatic hydroxyl groups is 1. The summed E-state index contributed by atoms with van der Waals surface area (Å²) in [4.78, 5) is 23.3. The van der Waals surface area contributed by atoms with Gasteiger partial charge < -0.3 is 5.11 Å². The highest BCUT2D eigenvalue weighted by Crippen LogP contribution is 2.35. The van der Waals surface area contributed by atoms with Crippen molar-refractivity contribution in [3.63, 3.8) is 0 Å². The molecule has 0 aliphatic rings. The number of hydrogen-bond acceptors (Lipinski definition) is 15. The van der Waals surface area contributed by atoms with Gasteiger partial charge in [-0.2, -0.15) is 40.2 Å². The van der Waals surface area contributed by atoms with Gasteiger partial charge in [0.25, 0.3) is 36.9 Å². The van der Waals surface area contributed by atoms with Crippen LogP contribution in [0.2, 0.25) is 5.28 Å². The minimum Gasteiger partial charge on any atom is -0.494 e. The number of anilines is 3. The molecule has 0 aliphatic heterocycles. The Morgan fingerprint density at radius 3 is 2.17 bits per heavy atom. The minimum atomic E-state index is -5.01. The summed E-state index contributed by atoms with van der Waals surface area (Å²) in [6.07, 6.45) is 0. The first-order chi connectivity index (χ1) is 21.8. The van der Waals surface area contributed by atoms with Gasteiger partial charge in [-0.3, -0.25) is 28.4 Å². The van der Waals surface area contributed by atoms with Crippen LogP contribution in [-0.4, -0.2) is 63.5 Å². The van der Waals surface area contributed by atoms with Gasteiger partial charge in [-0.05, 0) is 61.3 Å². The molecule has 0 saturated heterocycles. The van der Waals surface area contributed by atoms with Gasteiger partial charge in [-0.15, -0.1) is 10.2 Å². The molecule has 19 nitrogen and oxygen atoms in total. The smallest absolute Gasteiger partial charge is 0.330 e. The highest BCUT2D eigenvalue weighted by atomic mass is 35.5. The van der Waals surface area contributed by atoms with Crippen molar-refractivity contribution >= 4 is 70.7 Å². The lowest BCUT2D eigenvalue weighted by Crippen LogP contribution is -2.27. The molecule has 0 unspecified atom stereocenters. The van der Waals surface area contributed by atoms with Gasteiger partial charge in [0.05, 0.1) is 11.4 Å². The number of pyridine rings is 1. The van der Waals surface area contributed by atoms with Crippen molar-refractivity contribution in [3.8, 4) is 5.88 Å². The van der Waals surface area contributed by atoms with Gasteiger partial charge in [0.15, 0.2) is 11.6 Å². The molecular weight excluding hydrogens is 708 g/mol. The van der Waals surface area contributed by atoms with Crippen LogP contribution in [0.5, 0.6) is 5.88 Å². The first-order valence-corrected chi connectivity index (χ1v) is 17.6. The van der Waals surface area contributed by atoms with Crippen LogP contribution in [0, 0.1) is 6.92 Å². The van der Waals surface area contributed by atoms with E-state index in [1.807, 2.05) is 0 Å². The third-order valence-electron chi connectivity index (χ3n) is 6.18. The number of hydrazine groups is 1. The monoisotopic (exact) mass is 730 g/mol. The van der Waals surface area contributed by atoms with Crippen molar-refractivity contribution in [1.29, 1.82) is 0 Å². The molecule has 0 atom stereocenters. The van der Waals surface area contributed by atoms with E-state index in [-0.39, 0.29) is 23.4 Å². The summed E-state index contributed by atoms with van der Waals surface area (Å²) in [5, 5.41) is 17.4. The molecule has 0 amide bonds. The van der Waals surface area contributed by atoms with Crippen LogP contribution < -0.4 is 16.0 Å². The molecule has 4 aromatic rings. The number of rotatable bonds is 11. The maximum Gasteiger partial charge on any atom is 0.330 e. The third-order valence-corrected chi connectivity index (χ3v) is 8.55. The van der Waals surface area contributed by atoms with E-state index in [4.69, 9.17) is 11.6 Å². The van der Waals surface area contributed by atoms with E-state index >= 15 is 0 Å². The highest BCUT2D eigenvalue weighted by molar-refractivity contribution is 7.86. The van der Waals surface area contributed by atoms with E-state index in [0.29, 0.717) is 5.69 Å². The molecule has 2 heterocycles. The zero-order valence-electron chi connectivity index (χ0n) is 23.9. The Labute approximate surface area is 271 Å². The number of nitrogens with one attached hydrogen (secondary N) is 1. The topological polar surface area (TPSA) is 284 Å². The van der Waals surface area contributed by atoms with Gasteiger partial charge in [0.1, 0.15) is 16.3 Å². The van der Waals surface area contributed by atoms with Crippen molar-refractivity contribution in [2.24, 2.45) is 10.2 Å². The first kappa shape index (κ1) is 35.3. The number of halogens is 1. The summed E-state index contributed by atoms with van der Waals surface area (Å²) < 4.78 is 101. The molecule has 2 aromatic heterocycles. The largest absolute Gasteiger partial charge is 0.494 e. The van der Waals surface area contributed by atoms with Crippen LogP contribution in [0.4, 0.5) is 28.7 Å². The van der Waals surface area contributed by atoms with Crippen LogP contribution in [0.1, 0.15) is 18.1 Å². The predicted molar refractivity (Wildman–Crippen MR) is 165 cm³/mol. The summed E-state index contributed by atoms with van der Waals surface area (Å²) >= 11 is 5.90. The quantitative estimate of drug-likeness (QED) is 0.0841.